The largest absolute Gasteiger partial charge is 0.496 e. The molecule has 0 aliphatic carbocycles. The Bertz CT molecular complexity index is 1050. The lowest BCUT2D eigenvalue weighted by atomic mass is 10.1. The highest BCUT2D eigenvalue weighted by atomic mass is 79.9. The van der Waals surface area contributed by atoms with Crippen molar-refractivity contribution in [2.24, 2.45) is 0 Å². The number of rotatable bonds is 11. The molecule has 0 radical (unpaired) electrons. The topological polar surface area (TPSA) is 39.7 Å². The molecule has 0 aliphatic heterocycles. The molecule has 0 unspecified atom stereocenters. The van der Waals surface area contributed by atoms with Crippen molar-refractivity contribution in [2.75, 3.05) is 20.3 Å². The van der Waals surface area contributed by atoms with Crippen LogP contribution in [-0.4, -0.2) is 20.3 Å². The van der Waals surface area contributed by atoms with Crippen molar-refractivity contribution in [2.45, 2.75) is 26.5 Å². The first-order valence-corrected chi connectivity index (χ1v) is 11.9. The second kappa shape index (κ2) is 13.9. The first kappa shape index (κ1) is 27.6. The minimum Gasteiger partial charge on any atom is -0.496 e. The fourth-order valence-electron chi connectivity index (χ4n) is 3.28. The normalized spacial score (nSPS) is 10.5. The van der Waals surface area contributed by atoms with E-state index in [2.05, 4.69) is 27.3 Å². The van der Waals surface area contributed by atoms with Gasteiger partial charge in [0.1, 0.15) is 12.4 Å². The van der Waals surface area contributed by atoms with Crippen molar-refractivity contribution in [3.63, 3.8) is 0 Å². The standard InChI is InChI=1S/C25H26BrCl2NO3.ClH/c1-3-31-24-13-17(15-29-11-10-18-6-4-5-7-23(18)30-2)12-21(26)25(24)32-16-19-8-9-20(27)14-22(19)28;/h4-9,12-14,29H,3,10-11,15-16H2,1-2H3;1H. The van der Waals surface area contributed by atoms with Crippen LogP contribution >= 0.6 is 51.5 Å². The average molecular weight is 576 g/mol. The summed E-state index contributed by atoms with van der Waals surface area (Å²) in [6.45, 7) is 4.33. The molecule has 0 heterocycles. The van der Waals surface area contributed by atoms with E-state index in [1.54, 1.807) is 19.2 Å². The van der Waals surface area contributed by atoms with Gasteiger partial charge in [-0.3, -0.25) is 0 Å². The summed E-state index contributed by atoms with van der Waals surface area (Å²) in [5.74, 6) is 2.25. The number of halogens is 4. The Hall–Kier alpha value is -1.63. The summed E-state index contributed by atoms with van der Waals surface area (Å²) < 4.78 is 18.2. The molecule has 0 fully saturated rings. The van der Waals surface area contributed by atoms with Crippen LogP contribution in [-0.2, 0) is 19.6 Å². The SMILES string of the molecule is CCOc1cc(CNCCc2ccccc2OC)cc(Br)c1OCc1ccc(Cl)cc1Cl.Cl. The van der Waals surface area contributed by atoms with E-state index >= 15 is 0 Å². The molecule has 0 spiro atoms. The highest BCUT2D eigenvalue weighted by Gasteiger charge is 2.14. The van der Waals surface area contributed by atoms with E-state index in [0.717, 1.165) is 34.3 Å². The number of para-hydroxylation sites is 1. The van der Waals surface area contributed by atoms with Crippen LogP contribution in [0.2, 0.25) is 10.0 Å². The van der Waals surface area contributed by atoms with E-state index in [-0.39, 0.29) is 12.4 Å². The molecule has 3 aromatic rings. The molecule has 3 aromatic carbocycles. The van der Waals surface area contributed by atoms with Gasteiger partial charge in [0.15, 0.2) is 11.5 Å². The van der Waals surface area contributed by atoms with Gasteiger partial charge in [-0.2, -0.15) is 0 Å². The lowest BCUT2D eigenvalue weighted by Gasteiger charge is -2.16. The van der Waals surface area contributed by atoms with E-state index < -0.39 is 0 Å². The molecular weight excluding hydrogens is 549 g/mol. The van der Waals surface area contributed by atoms with Gasteiger partial charge >= 0.3 is 0 Å². The zero-order chi connectivity index (χ0) is 22.9. The molecule has 1 N–H and O–H groups in total. The minimum atomic E-state index is 0. The van der Waals surface area contributed by atoms with Crippen LogP contribution in [0.1, 0.15) is 23.6 Å². The van der Waals surface area contributed by atoms with E-state index in [9.17, 15) is 0 Å². The van der Waals surface area contributed by atoms with Crippen LogP contribution in [0.3, 0.4) is 0 Å². The molecular formula is C25H27BrCl3NO3. The third kappa shape index (κ3) is 7.97. The van der Waals surface area contributed by atoms with Gasteiger partial charge in [0.2, 0.25) is 0 Å². The Kier molecular flexibility index (Phi) is 11.7. The van der Waals surface area contributed by atoms with Gasteiger partial charge in [0.25, 0.3) is 0 Å². The molecule has 0 aromatic heterocycles. The number of methoxy groups -OCH3 is 1. The maximum atomic E-state index is 6.27. The van der Waals surface area contributed by atoms with Gasteiger partial charge in [0.05, 0.1) is 18.2 Å². The Morgan fingerprint density at radius 1 is 0.939 bits per heavy atom. The van der Waals surface area contributed by atoms with Gasteiger partial charge in [-0.15, -0.1) is 12.4 Å². The Labute approximate surface area is 220 Å². The molecule has 3 rings (SSSR count). The Morgan fingerprint density at radius 2 is 1.73 bits per heavy atom. The first-order chi connectivity index (χ1) is 15.5. The maximum Gasteiger partial charge on any atom is 0.175 e. The number of benzene rings is 3. The van der Waals surface area contributed by atoms with Crippen LogP contribution in [0.15, 0.2) is 59.1 Å². The van der Waals surface area contributed by atoms with Crippen molar-refractivity contribution < 1.29 is 14.2 Å². The van der Waals surface area contributed by atoms with E-state index in [4.69, 9.17) is 37.4 Å². The van der Waals surface area contributed by atoms with Crippen molar-refractivity contribution in [1.29, 1.82) is 0 Å². The first-order valence-electron chi connectivity index (χ1n) is 10.4. The van der Waals surface area contributed by atoms with Gasteiger partial charge in [0, 0.05) is 22.2 Å². The third-order valence-corrected chi connectivity index (χ3v) is 6.03. The van der Waals surface area contributed by atoms with E-state index in [0.29, 0.717) is 41.3 Å². The summed E-state index contributed by atoms with van der Waals surface area (Å²) in [6, 6.07) is 17.5. The van der Waals surface area contributed by atoms with Crippen molar-refractivity contribution in [3.8, 4) is 17.2 Å². The second-order valence-corrected chi connectivity index (χ2v) is 8.80. The number of hydrogen-bond acceptors (Lipinski definition) is 4. The molecule has 0 bridgehead atoms. The lowest BCUT2D eigenvalue weighted by Crippen LogP contribution is -2.17. The summed E-state index contributed by atoms with van der Waals surface area (Å²) >= 11 is 15.9. The van der Waals surface area contributed by atoms with Crippen LogP contribution in [0.25, 0.3) is 0 Å². The predicted octanol–water partition coefficient (Wildman–Crippen LogP) is 7.50. The molecule has 8 heteroatoms. The molecule has 0 saturated heterocycles. The molecule has 4 nitrogen and oxygen atoms in total. The van der Waals surface area contributed by atoms with Gasteiger partial charge in [-0.25, -0.2) is 0 Å². The highest BCUT2D eigenvalue weighted by Crippen LogP contribution is 2.38. The summed E-state index contributed by atoms with van der Waals surface area (Å²) in [5.41, 5.74) is 3.13. The smallest absolute Gasteiger partial charge is 0.175 e. The molecule has 0 saturated carbocycles. The zero-order valence-corrected chi connectivity index (χ0v) is 22.4. The Balaban J connectivity index is 0.00000385. The van der Waals surface area contributed by atoms with Crippen molar-refractivity contribution in [1.82, 2.24) is 5.32 Å². The van der Waals surface area contributed by atoms with E-state index in [1.807, 2.05) is 43.3 Å². The second-order valence-electron chi connectivity index (χ2n) is 7.10. The summed E-state index contributed by atoms with van der Waals surface area (Å²) in [5, 5.41) is 4.65. The highest BCUT2D eigenvalue weighted by molar-refractivity contribution is 9.10. The number of ether oxygens (including phenoxy) is 3. The summed E-state index contributed by atoms with van der Waals surface area (Å²) in [6.07, 6.45) is 0.881. The van der Waals surface area contributed by atoms with Gasteiger partial charge in [-0.05, 0) is 77.3 Å². The van der Waals surface area contributed by atoms with Gasteiger partial charge < -0.3 is 19.5 Å². The average Bonchev–Trinajstić information content (AvgIpc) is 2.78. The van der Waals surface area contributed by atoms with Crippen LogP contribution < -0.4 is 19.5 Å². The lowest BCUT2D eigenvalue weighted by molar-refractivity contribution is 0.267. The minimum absolute atomic E-state index is 0. The van der Waals surface area contributed by atoms with Crippen molar-refractivity contribution >= 4 is 51.5 Å². The zero-order valence-electron chi connectivity index (χ0n) is 18.5. The molecule has 178 valence electrons. The Morgan fingerprint density at radius 3 is 2.45 bits per heavy atom. The van der Waals surface area contributed by atoms with E-state index in [1.165, 1.54) is 5.56 Å². The van der Waals surface area contributed by atoms with Crippen molar-refractivity contribution in [3.05, 3.63) is 85.8 Å². The van der Waals surface area contributed by atoms with Crippen LogP contribution in [0.4, 0.5) is 0 Å². The van der Waals surface area contributed by atoms with Gasteiger partial charge in [-0.1, -0.05) is 47.5 Å². The molecule has 0 aliphatic rings. The van der Waals surface area contributed by atoms with Crippen LogP contribution in [0.5, 0.6) is 17.2 Å². The predicted molar refractivity (Wildman–Crippen MR) is 142 cm³/mol. The number of hydrogen-bond donors (Lipinski definition) is 1. The fraction of sp³-hybridized carbons (Fsp3) is 0.280. The molecule has 0 amide bonds. The number of nitrogens with one attached hydrogen (secondary N) is 1. The third-order valence-electron chi connectivity index (χ3n) is 4.85. The molecule has 33 heavy (non-hydrogen) atoms. The quantitative estimate of drug-likeness (QED) is 0.241. The maximum absolute atomic E-state index is 6.27. The summed E-state index contributed by atoms with van der Waals surface area (Å²) in [4.78, 5) is 0. The fourth-order valence-corrected chi connectivity index (χ4v) is 4.35. The molecule has 0 atom stereocenters. The summed E-state index contributed by atoms with van der Waals surface area (Å²) in [7, 11) is 1.70. The monoisotopic (exact) mass is 573 g/mol. The van der Waals surface area contributed by atoms with Crippen LogP contribution in [0, 0.1) is 0 Å².